The van der Waals surface area contributed by atoms with E-state index in [0.29, 0.717) is 24.2 Å². The van der Waals surface area contributed by atoms with Crippen LogP contribution in [-0.4, -0.2) is 22.2 Å². The van der Waals surface area contributed by atoms with Crippen LogP contribution in [0, 0.1) is 5.82 Å². The highest BCUT2D eigenvalue weighted by molar-refractivity contribution is 5.94. The Morgan fingerprint density at radius 1 is 1.38 bits per heavy atom. The number of fused-ring (bicyclic) bond motifs is 1. The van der Waals surface area contributed by atoms with Crippen molar-refractivity contribution < 1.29 is 9.18 Å². The number of carbonyl (C=O) groups is 1. The minimum Gasteiger partial charge on any atom is -0.350 e. The van der Waals surface area contributed by atoms with Gasteiger partial charge < -0.3 is 5.32 Å². The molecule has 1 amide bonds. The lowest BCUT2D eigenvalue weighted by Gasteiger charge is -2.05. The lowest BCUT2D eigenvalue weighted by Crippen LogP contribution is -2.27. The van der Waals surface area contributed by atoms with E-state index in [1.807, 2.05) is 7.05 Å². The highest BCUT2D eigenvalue weighted by atomic mass is 19.1. The zero-order chi connectivity index (χ0) is 14.8. The summed E-state index contributed by atoms with van der Waals surface area (Å²) in [5.74, 6) is -0.393. The summed E-state index contributed by atoms with van der Waals surface area (Å²) in [6.07, 6.45) is 3.46. The van der Waals surface area contributed by atoms with Crippen LogP contribution in [0.1, 0.15) is 33.7 Å². The van der Waals surface area contributed by atoms with Crippen LogP contribution in [0.2, 0.25) is 0 Å². The second kappa shape index (κ2) is 5.68. The third kappa shape index (κ3) is 2.68. The van der Waals surface area contributed by atoms with Crippen LogP contribution < -0.4 is 5.32 Å². The van der Waals surface area contributed by atoms with Crippen molar-refractivity contribution in [2.75, 3.05) is 6.54 Å². The van der Waals surface area contributed by atoms with Crippen LogP contribution in [0.4, 0.5) is 4.39 Å². The van der Waals surface area contributed by atoms with Crippen molar-refractivity contribution in [3.63, 3.8) is 0 Å². The van der Waals surface area contributed by atoms with Gasteiger partial charge in [0, 0.05) is 24.8 Å². The summed E-state index contributed by atoms with van der Waals surface area (Å²) in [5, 5.41) is 7.14. The summed E-state index contributed by atoms with van der Waals surface area (Å²) in [7, 11) is 1.88. The second-order valence-corrected chi connectivity index (χ2v) is 5.35. The zero-order valence-electron chi connectivity index (χ0n) is 12.0. The number of nitrogens with zero attached hydrogens (tertiary/aromatic N) is 2. The molecule has 110 valence electrons. The molecule has 5 heteroatoms. The molecule has 0 unspecified atom stereocenters. The fourth-order valence-corrected chi connectivity index (χ4v) is 2.89. The first-order valence-electron chi connectivity index (χ1n) is 7.23. The van der Waals surface area contributed by atoms with Gasteiger partial charge >= 0.3 is 0 Å². The summed E-state index contributed by atoms with van der Waals surface area (Å²) in [5.41, 5.74) is 3.37. The Morgan fingerprint density at radius 2 is 2.19 bits per heavy atom. The molecular formula is C16H18FN3O. The Hall–Kier alpha value is -2.17. The summed E-state index contributed by atoms with van der Waals surface area (Å²) in [4.78, 5) is 12.2. The van der Waals surface area contributed by atoms with Crippen molar-refractivity contribution in [3.8, 4) is 0 Å². The van der Waals surface area contributed by atoms with E-state index in [2.05, 4.69) is 10.4 Å². The van der Waals surface area contributed by atoms with Gasteiger partial charge in [0.2, 0.25) is 0 Å². The molecule has 0 fully saturated rings. The third-order valence-corrected chi connectivity index (χ3v) is 3.97. The van der Waals surface area contributed by atoms with Gasteiger partial charge in [-0.25, -0.2) is 4.39 Å². The molecule has 1 aromatic carbocycles. The molecule has 1 heterocycles. The molecule has 0 aliphatic heterocycles. The van der Waals surface area contributed by atoms with E-state index in [4.69, 9.17) is 0 Å². The Morgan fingerprint density at radius 3 is 3.00 bits per heavy atom. The minimum atomic E-state index is -0.231. The van der Waals surface area contributed by atoms with Gasteiger partial charge in [-0.05, 0) is 37.3 Å². The number of aryl methyl sites for hydroxylation is 1. The predicted octanol–water partition coefficient (Wildman–Crippen LogP) is 2.02. The lowest BCUT2D eigenvalue weighted by atomic mass is 10.1. The van der Waals surface area contributed by atoms with E-state index in [0.717, 1.165) is 30.5 Å². The van der Waals surface area contributed by atoms with Crippen molar-refractivity contribution in [2.24, 2.45) is 7.05 Å². The number of aromatic nitrogens is 2. The summed E-state index contributed by atoms with van der Waals surface area (Å²) < 4.78 is 15.3. The van der Waals surface area contributed by atoms with E-state index < -0.39 is 0 Å². The van der Waals surface area contributed by atoms with Crippen LogP contribution in [0.25, 0.3) is 0 Å². The molecule has 0 spiro atoms. The normalized spacial score (nSPS) is 13.2. The van der Waals surface area contributed by atoms with Crippen LogP contribution in [0.3, 0.4) is 0 Å². The van der Waals surface area contributed by atoms with E-state index in [-0.39, 0.29) is 11.7 Å². The second-order valence-electron chi connectivity index (χ2n) is 5.35. The highest BCUT2D eigenvalue weighted by Gasteiger charge is 2.24. The third-order valence-electron chi connectivity index (χ3n) is 3.97. The number of carbonyl (C=O) groups excluding carboxylic acids is 1. The molecule has 1 aromatic heterocycles. The highest BCUT2D eigenvalue weighted by Crippen LogP contribution is 2.24. The van der Waals surface area contributed by atoms with E-state index in [9.17, 15) is 9.18 Å². The number of halogens is 1. The molecule has 0 bridgehead atoms. The van der Waals surface area contributed by atoms with Gasteiger partial charge in [0.15, 0.2) is 5.69 Å². The Bertz CT molecular complexity index is 678. The van der Waals surface area contributed by atoms with Gasteiger partial charge in [0.25, 0.3) is 5.91 Å². The van der Waals surface area contributed by atoms with E-state index in [1.165, 1.54) is 6.07 Å². The molecule has 0 saturated heterocycles. The van der Waals surface area contributed by atoms with Gasteiger partial charge in [-0.3, -0.25) is 9.48 Å². The number of rotatable bonds is 4. The zero-order valence-corrected chi connectivity index (χ0v) is 12.0. The van der Waals surface area contributed by atoms with Crippen molar-refractivity contribution in [1.82, 2.24) is 15.1 Å². The largest absolute Gasteiger partial charge is 0.350 e. The van der Waals surface area contributed by atoms with Gasteiger partial charge in [-0.15, -0.1) is 0 Å². The molecule has 0 saturated carbocycles. The first-order chi connectivity index (χ1) is 10.2. The Balaban J connectivity index is 1.63. The Labute approximate surface area is 123 Å². The summed E-state index contributed by atoms with van der Waals surface area (Å²) in [6.45, 7) is 0.408. The molecule has 3 rings (SSSR count). The SMILES string of the molecule is Cn1nc(C(=O)NCCc2ccccc2F)c2c1CCC2. The Kier molecular flexibility index (Phi) is 3.73. The smallest absolute Gasteiger partial charge is 0.272 e. The molecule has 1 N–H and O–H groups in total. The molecule has 0 radical (unpaired) electrons. The lowest BCUT2D eigenvalue weighted by molar-refractivity contribution is 0.0947. The molecule has 1 aliphatic rings. The standard InChI is InChI=1S/C16H18FN3O/c1-20-14-8-4-6-12(14)15(19-20)16(21)18-10-9-11-5-2-3-7-13(11)17/h2-3,5,7H,4,6,8-10H2,1H3,(H,18,21). The first-order valence-corrected chi connectivity index (χ1v) is 7.23. The maximum atomic E-state index is 13.5. The number of nitrogens with one attached hydrogen (secondary N) is 1. The van der Waals surface area contributed by atoms with E-state index in [1.54, 1.807) is 22.9 Å². The topological polar surface area (TPSA) is 46.9 Å². The monoisotopic (exact) mass is 287 g/mol. The minimum absolute atomic E-state index is 0.162. The number of amides is 1. The fourth-order valence-electron chi connectivity index (χ4n) is 2.89. The quantitative estimate of drug-likeness (QED) is 0.935. The van der Waals surface area contributed by atoms with Gasteiger partial charge in [0.05, 0.1) is 0 Å². The average Bonchev–Trinajstić information content (AvgIpc) is 3.05. The van der Waals surface area contributed by atoms with Crippen molar-refractivity contribution >= 4 is 5.91 Å². The molecule has 0 atom stereocenters. The molecule has 4 nitrogen and oxygen atoms in total. The molecule has 21 heavy (non-hydrogen) atoms. The van der Waals surface area contributed by atoms with Crippen LogP contribution in [0.15, 0.2) is 24.3 Å². The maximum absolute atomic E-state index is 13.5. The summed E-state index contributed by atoms with van der Waals surface area (Å²) >= 11 is 0. The predicted molar refractivity (Wildman–Crippen MR) is 77.7 cm³/mol. The van der Waals surface area contributed by atoms with Crippen LogP contribution in [-0.2, 0) is 26.3 Å². The van der Waals surface area contributed by atoms with E-state index >= 15 is 0 Å². The molecular weight excluding hydrogens is 269 g/mol. The summed E-state index contributed by atoms with van der Waals surface area (Å²) in [6, 6.07) is 6.63. The van der Waals surface area contributed by atoms with Gasteiger partial charge in [-0.1, -0.05) is 18.2 Å². The fraction of sp³-hybridized carbons (Fsp3) is 0.375. The first kappa shape index (κ1) is 13.8. The molecule has 2 aromatic rings. The van der Waals surface area contributed by atoms with Crippen molar-refractivity contribution in [3.05, 3.63) is 52.6 Å². The van der Waals surface area contributed by atoms with Crippen LogP contribution in [0.5, 0.6) is 0 Å². The number of hydrogen-bond acceptors (Lipinski definition) is 2. The molecule has 1 aliphatic carbocycles. The number of hydrogen-bond donors (Lipinski definition) is 1. The van der Waals surface area contributed by atoms with Crippen molar-refractivity contribution in [2.45, 2.75) is 25.7 Å². The van der Waals surface area contributed by atoms with Gasteiger partial charge in [0.1, 0.15) is 5.82 Å². The average molecular weight is 287 g/mol. The number of benzene rings is 1. The van der Waals surface area contributed by atoms with Crippen molar-refractivity contribution in [1.29, 1.82) is 0 Å². The maximum Gasteiger partial charge on any atom is 0.272 e. The van der Waals surface area contributed by atoms with Gasteiger partial charge in [-0.2, -0.15) is 5.10 Å². The van der Waals surface area contributed by atoms with Crippen LogP contribution >= 0.6 is 0 Å².